The van der Waals surface area contributed by atoms with Gasteiger partial charge in [0.2, 0.25) is 5.91 Å². The van der Waals surface area contributed by atoms with E-state index >= 15 is 0 Å². The van der Waals surface area contributed by atoms with Crippen LogP contribution in [0.25, 0.3) is 0 Å². The van der Waals surface area contributed by atoms with Gasteiger partial charge in [-0.05, 0) is 12.0 Å². The lowest BCUT2D eigenvalue weighted by atomic mass is 10.1. The summed E-state index contributed by atoms with van der Waals surface area (Å²) in [6, 6.07) is 9.21. The molecule has 1 unspecified atom stereocenters. The van der Waals surface area contributed by atoms with Crippen LogP contribution in [0.5, 0.6) is 0 Å². The van der Waals surface area contributed by atoms with Gasteiger partial charge in [0.05, 0.1) is 32.0 Å². The molecule has 20 heavy (non-hydrogen) atoms. The van der Waals surface area contributed by atoms with Crippen LogP contribution in [0.1, 0.15) is 5.56 Å². The molecule has 112 valence electrons. The smallest absolute Gasteiger partial charge is 0.237 e. The van der Waals surface area contributed by atoms with Crippen molar-refractivity contribution in [2.75, 3.05) is 26.4 Å². The van der Waals surface area contributed by atoms with E-state index in [-0.39, 0.29) is 24.4 Å². The quantitative estimate of drug-likeness (QED) is 0.831. The largest absolute Gasteiger partial charge is 0.376 e. The summed E-state index contributed by atoms with van der Waals surface area (Å²) in [5.41, 5.74) is 6.94. The highest BCUT2D eigenvalue weighted by Crippen LogP contribution is 2.03. The fraction of sp³-hybridized carbons (Fsp3) is 0.500. The van der Waals surface area contributed by atoms with E-state index in [1.54, 1.807) is 0 Å². The number of carbonyl (C=O) groups excluding carboxylic acids is 1. The SMILES string of the molecule is Cl.N[C@@H](Cc1ccccc1)C(=O)NCC1COCCO1. The number of hydrogen-bond acceptors (Lipinski definition) is 4. The van der Waals surface area contributed by atoms with Crippen LogP contribution in [-0.2, 0) is 20.7 Å². The molecule has 0 saturated carbocycles. The van der Waals surface area contributed by atoms with Gasteiger partial charge in [0, 0.05) is 6.54 Å². The number of hydrogen-bond donors (Lipinski definition) is 2. The molecular weight excluding hydrogens is 280 g/mol. The average molecular weight is 301 g/mol. The highest BCUT2D eigenvalue weighted by molar-refractivity contribution is 5.85. The fourth-order valence-electron chi connectivity index (χ4n) is 1.96. The van der Waals surface area contributed by atoms with Crippen molar-refractivity contribution in [1.82, 2.24) is 5.32 Å². The summed E-state index contributed by atoms with van der Waals surface area (Å²) in [5, 5.41) is 2.80. The summed E-state index contributed by atoms with van der Waals surface area (Å²) < 4.78 is 10.7. The van der Waals surface area contributed by atoms with Crippen molar-refractivity contribution in [3.05, 3.63) is 35.9 Å². The molecule has 1 aliphatic rings. The zero-order valence-electron chi connectivity index (χ0n) is 11.3. The van der Waals surface area contributed by atoms with Crippen LogP contribution >= 0.6 is 12.4 Å². The number of nitrogens with two attached hydrogens (primary N) is 1. The van der Waals surface area contributed by atoms with Crippen LogP contribution in [-0.4, -0.2) is 44.4 Å². The molecule has 0 spiro atoms. The molecule has 1 amide bonds. The van der Waals surface area contributed by atoms with Crippen molar-refractivity contribution in [2.24, 2.45) is 5.73 Å². The third kappa shape index (κ3) is 5.46. The molecule has 0 bridgehead atoms. The third-order valence-electron chi connectivity index (χ3n) is 3.02. The Bertz CT molecular complexity index is 397. The summed E-state index contributed by atoms with van der Waals surface area (Å²) in [6.07, 6.45) is 0.468. The van der Waals surface area contributed by atoms with Crippen molar-refractivity contribution < 1.29 is 14.3 Å². The van der Waals surface area contributed by atoms with Gasteiger partial charge in [0.15, 0.2) is 0 Å². The van der Waals surface area contributed by atoms with Gasteiger partial charge in [0.1, 0.15) is 0 Å². The summed E-state index contributed by atoms with van der Waals surface area (Å²) in [7, 11) is 0. The van der Waals surface area contributed by atoms with Crippen molar-refractivity contribution in [3.63, 3.8) is 0 Å². The first-order chi connectivity index (χ1) is 9.25. The second-order valence-electron chi connectivity index (χ2n) is 4.61. The highest BCUT2D eigenvalue weighted by Gasteiger charge is 2.18. The molecule has 1 heterocycles. The van der Waals surface area contributed by atoms with Crippen LogP contribution in [0.4, 0.5) is 0 Å². The normalized spacial score (nSPS) is 19.8. The summed E-state index contributed by atoms with van der Waals surface area (Å²) >= 11 is 0. The first kappa shape index (κ1) is 16.9. The van der Waals surface area contributed by atoms with E-state index in [1.165, 1.54) is 0 Å². The van der Waals surface area contributed by atoms with Crippen LogP contribution in [0.15, 0.2) is 30.3 Å². The van der Waals surface area contributed by atoms with Gasteiger partial charge in [-0.15, -0.1) is 12.4 Å². The summed E-state index contributed by atoms with van der Waals surface area (Å²) in [5.74, 6) is -0.155. The number of amides is 1. The molecule has 0 radical (unpaired) electrons. The maximum absolute atomic E-state index is 11.9. The van der Waals surface area contributed by atoms with Crippen LogP contribution in [0.3, 0.4) is 0 Å². The maximum Gasteiger partial charge on any atom is 0.237 e. The molecular formula is C14H21ClN2O3. The molecule has 1 aliphatic heterocycles. The minimum atomic E-state index is -0.535. The third-order valence-corrected chi connectivity index (χ3v) is 3.02. The summed E-state index contributed by atoms with van der Waals surface area (Å²) in [4.78, 5) is 11.9. The Morgan fingerprint density at radius 2 is 2.10 bits per heavy atom. The van der Waals surface area contributed by atoms with Crippen molar-refractivity contribution in [1.29, 1.82) is 0 Å². The Hall–Kier alpha value is -1.14. The van der Waals surface area contributed by atoms with Crippen LogP contribution in [0.2, 0.25) is 0 Å². The second-order valence-corrected chi connectivity index (χ2v) is 4.61. The molecule has 1 saturated heterocycles. The second kappa shape index (κ2) is 8.92. The van der Waals surface area contributed by atoms with Gasteiger partial charge in [-0.25, -0.2) is 0 Å². The standard InChI is InChI=1S/C14H20N2O3.ClH/c15-13(8-11-4-2-1-3-5-11)14(17)16-9-12-10-18-6-7-19-12;/h1-5,12-13H,6-10,15H2,(H,16,17);1H/t12?,13-;/m0./s1. The Morgan fingerprint density at radius 3 is 2.75 bits per heavy atom. The molecule has 1 aromatic rings. The number of nitrogens with one attached hydrogen (secondary N) is 1. The molecule has 0 aromatic heterocycles. The summed E-state index contributed by atoms with van der Waals surface area (Å²) in [6.45, 7) is 2.17. The predicted octanol–water partition coefficient (Wildman–Crippen LogP) is 0.510. The highest BCUT2D eigenvalue weighted by atomic mass is 35.5. The molecule has 2 rings (SSSR count). The van der Waals surface area contributed by atoms with E-state index in [4.69, 9.17) is 15.2 Å². The zero-order chi connectivity index (χ0) is 13.5. The zero-order valence-corrected chi connectivity index (χ0v) is 12.1. The molecule has 3 N–H and O–H groups in total. The number of carbonyl (C=O) groups is 1. The first-order valence-corrected chi connectivity index (χ1v) is 6.52. The first-order valence-electron chi connectivity index (χ1n) is 6.52. The lowest BCUT2D eigenvalue weighted by molar-refractivity contribution is -0.125. The van der Waals surface area contributed by atoms with Gasteiger partial charge in [-0.2, -0.15) is 0 Å². The van der Waals surface area contributed by atoms with Crippen molar-refractivity contribution >= 4 is 18.3 Å². The van der Waals surface area contributed by atoms with E-state index in [1.807, 2.05) is 30.3 Å². The number of ether oxygens (including phenoxy) is 2. The Labute approximate surface area is 125 Å². The van der Waals surface area contributed by atoms with Gasteiger partial charge < -0.3 is 20.5 Å². The van der Waals surface area contributed by atoms with E-state index in [0.717, 1.165) is 5.56 Å². The van der Waals surface area contributed by atoms with Crippen LogP contribution in [0, 0.1) is 0 Å². The van der Waals surface area contributed by atoms with Gasteiger partial charge in [-0.3, -0.25) is 4.79 Å². The van der Waals surface area contributed by atoms with Gasteiger partial charge in [-0.1, -0.05) is 30.3 Å². The average Bonchev–Trinajstić information content (AvgIpc) is 2.47. The van der Waals surface area contributed by atoms with Crippen LogP contribution < -0.4 is 11.1 Å². The lowest BCUT2D eigenvalue weighted by Gasteiger charge is -2.23. The lowest BCUT2D eigenvalue weighted by Crippen LogP contribution is -2.46. The fourth-order valence-corrected chi connectivity index (χ4v) is 1.96. The number of rotatable bonds is 5. The molecule has 1 aromatic carbocycles. The van der Waals surface area contributed by atoms with E-state index < -0.39 is 6.04 Å². The van der Waals surface area contributed by atoms with E-state index in [9.17, 15) is 4.79 Å². The molecule has 2 atom stereocenters. The minimum Gasteiger partial charge on any atom is -0.376 e. The Morgan fingerprint density at radius 1 is 1.35 bits per heavy atom. The molecule has 0 aliphatic carbocycles. The monoisotopic (exact) mass is 300 g/mol. The minimum absolute atomic E-state index is 0. The number of halogens is 1. The van der Waals surface area contributed by atoms with E-state index in [0.29, 0.717) is 32.8 Å². The van der Waals surface area contributed by atoms with Gasteiger partial charge >= 0.3 is 0 Å². The van der Waals surface area contributed by atoms with Crippen molar-refractivity contribution in [2.45, 2.75) is 18.6 Å². The Balaban J connectivity index is 0.00000200. The molecule has 5 nitrogen and oxygen atoms in total. The van der Waals surface area contributed by atoms with Gasteiger partial charge in [0.25, 0.3) is 0 Å². The topological polar surface area (TPSA) is 73.6 Å². The maximum atomic E-state index is 11.9. The number of benzene rings is 1. The van der Waals surface area contributed by atoms with Crippen molar-refractivity contribution in [3.8, 4) is 0 Å². The molecule has 6 heteroatoms. The van der Waals surface area contributed by atoms with E-state index in [2.05, 4.69) is 5.32 Å². The predicted molar refractivity (Wildman–Crippen MR) is 78.9 cm³/mol. The molecule has 1 fully saturated rings. The Kier molecular flexibility index (Phi) is 7.54.